The molecule has 0 radical (unpaired) electrons. The first-order valence-corrected chi connectivity index (χ1v) is 19.6. The van der Waals surface area contributed by atoms with Crippen LogP contribution in [0.3, 0.4) is 0 Å². The van der Waals surface area contributed by atoms with Crippen molar-refractivity contribution in [1.29, 1.82) is 0 Å². The molecule has 0 spiro atoms. The van der Waals surface area contributed by atoms with Crippen molar-refractivity contribution >= 4 is 11.9 Å². The molecule has 0 rings (SSSR count). The van der Waals surface area contributed by atoms with E-state index in [0.717, 1.165) is 76.5 Å². The van der Waals surface area contributed by atoms with E-state index in [1.54, 1.807) is 0 Å². The summed E-state index contributed by atoms with van der Waals surface area (Å²) in [6.07, 6.45) is 34.8. The lowest BCUT2D eigenvalue weighted by atomic mass is 9.91. The minimum atomic E-state index is -0.0360. The third kappa shape index (κ3) is 32.3. The fraction of sp³-hybridized carbons (Fsp3) is 0.949. The number of unbranched alkanes of at least 4 members (excludes halogenated alkanes) is 17. The zero-order chi connectivity index (χ0) is 32.4. The van der Waals surface area contributed by atoms with Gasteiger partial charge in [0.1, 0.15) is 0 Å². The van der Waals surface area contributed by atoms with E-state index >= 15 is 0 Å². The molecular weight excluding hydrogens is 546 g/mol. The van der Waals surface area contributed by atoms with E-state index in [1.165, 1.54) is 109 Å². The van der Waals surface area contributed by atoms with Crippen LogP contribution in [0.2, 0.25) is 0 Å². The van der Waals surface area contributed by atoms with Gasteiger partial charge in [0.25, 0.3) is 0 Å². The first kappa shape index (κ1) is 42.9. The van der Waals surface area contributed by atoms with Crippen LogP contribution < -0.4 is 5.73 Å². The molecule has 262 valence electrons. The van der Waals surface area contributed by atoms with Gasteiger partial charge in [-0.2, -0.15) is 0 Å². The zero-order valence-electron chi connectivity index (χ0n) is 30.0. The number of rotatable bonds is 35. The highest BCUT2D eigenvalue weighted by Crippen LogP contribution is 2.22. The first-order valence-electron chi connectivity index (χ1n) is 19.6. The molecule has 0 heterocycles. The standard InChI is InChI=1S/C39H77NO4/c1-4-7-10-11-12-13-14-18-25-34-43-39(42)33-23-19-21-31-37(40)30-20-16-15-17-22-32-38(41)44-35-26-24-29-36(27-8-5-2)28-9-6-3/h36-37H,4-35,40H2,1-3H3. The summed E-state index contributed by atoms with van der Waals surface area (Å²) in [5.74, 6) is 0.806. The van der Waals surface area contributed by atoms with Gasteiger partial charge >= 0.3 is 11.9 Å². The Morgan fingerprint density at radius 1 is 0.432 bits per heavy atom. The number of carbonyl (C=O) groups is 2. The van der Waals surface area contributed by atoms with Gasteiger partial charge < -0.3 is 15.2 Å². The Morgan fingerprint density at radius 2 is 0.773 bits per heavy atom. The van der Waals surface area contributed by atoms with E-state index in [-0.39, 0.29) is 18.0 Å². The van der Waals surface area contributed by atoms with Gasteiger partial charge in [-0.15, -0.1) is 0 Å². The highest BCUT2D eigenvalue weighted by Gasteiger charge is 2.09. The number of carbonyl (C=O) groups excluding carboxylic acids is 2. The average molecular weight is 624 g/mol. The SMILES string of the molecule is CCCCCCCCCCCOC(=O)CCCCCC(N)CCCCCCCC(=O)OCCCCC(CCCC)CCCC. The smallest absolute Gasteiger partial charge is 0.305 e. The molecule has 44 heavy (non-hydrogen) atoms. The van der Waals surface area contributed by atoms with Crippen LogP contribution >= 0.6 is 0 Å². The molecule has 1 unspecified atom stereocenters. The second-order valence-electron chi connectivity index (χ2n) is 13.6. The van der Waals surface area contributed by atoms with Crippen LogP contribution in [0.25, 0.3) is 0 Å². The van der Waals surface area contributed by atoms with E-state index in [4.69, 9.17) is 15.2 Å². The Hall–Kier alpha value is -1.10. The van der Waals surface area contributed by atoms with Crippen LogP contribution in [0, 0.1) is 5.92 Å². The topological polar surface area (TPSA) is 78.6 Å². The monoisotopic (exact) mass is 624 g/mol. The maximum atomic E-state index is 12.0. The van der Waals surface area contributed by atoms with Crippen molar-refractivity contribution in [3.63, 3.8) is 0 Å². The number of ether oxygens (including phenoxy) is 2. The Labute approximate surface area is 274 Å². The second kappa shape index (κ2) is 34.8. The Morgan fingerprint density at radius 3 is 1.27 bits per heavy atom. The van der Waals surface area contributed by atoms with Crippen molar-refractivity contribution in [1.82, 2.24) is 0 Å². The maximum absolute atomic E-state index is 12.0. The molecule has 5 nitrogen and oxygen atoms in total. The Bertz CT molecular complexity index is 603. The third-order valence-electron chi connectivity index (χ3n) is 9.12. The summed E-state index contributed by atoms with van der Waals surface area (Å²) in [4.78, 5) is 24.0. The predicted octanol–water partition coefficient (Wildman–Crippen LogP) is 11.8. The van der Waals surface area contributed by atoms with E-state index in [2.05, 4.69) is 20.8 Å². The van der Waals surface area contributed by atoms with Gasteiger partial charge in [-0.1, -0.05) is 156 Å². The molecule has 0 aromatic carbocycles. The summed E-state index contributed by atoms with van der Waals surface area (Å²) >= 11 is 0. The lowest BCUT2D eigenvalue weighted by Crippen LogP contribution is -2.19. The van der Waals surface area contributed by atoms with Crippen molar-refractivity contribution < 1.29 is 19.1 Å². The van der Waals surface area contributed by atoms with Crippen LogP contribution in [-0.2, 0) is 19.1 Å². The van der Waals surface area contributed by atoms with Gasteiger partial charge in [-0.05, 0) is 50.9 Å². The van der Waals surface area contributed by atoms with Crippen molar-refractivity contribution in [3.05, 3.63) is 0 Å². The molecule has 0 aliphatic heterocycles. The molecular formula is C39H77NO4. The molecule has 0 aromatic rings. The molecule has 0 bridgehead atoms. The molecule has 2 N–H and O–H groups in total. The molecule has 0 amide bonds. The van der Waals surface area contributed by atoms with E-state index in [1.807, 2.05) is 0 Å². The number of nitrogens with two attached hydrogens (primary N) is 1. The molecule has 0 fully saturated rings. The number of esters is 2. The predicted molar refractivity (Wildman–Crippen MR) is 189 cm³/mol. The summed E-state index contributed by atoms with van der Waals surface area (Å²) in [5, 5.41) is 0. The normalized spacial score (nSPS) is 12.1. The van der Waals surface area contributed by atoms with Crippen LogP contribution in [-0.4, -0.2) is 31.2 Å². The maximum Gasteiger partial charge on any atom is 0.305 e. The van der Waals surface area contributed by atoms with E-state index < -0.39 is 0 Å². The fourth-order valence-electron chi connectivity index (χ4n) is 6.09. The molecule has 0 aliphatic rings. The highest BCUT2D eigenvalue weighted by molar-refractivity contribution is 5.69. The zero-order valence-corrected chi connectivity index (χ0v) is 30.0. The van der Waals surface area contributed by atoms with E-state index in [0.29, 0.717) is 26.1 Å². The minimum Gasteiger partial charge on any atom is -0.466 e. The second-order valence-corrected chi connectivity index (χ2v) is 13.6. The van der Waals surface area contributed by atoms with Gasteiger partial charge in [0.2, 0.25) is 0 Å². The highest BCUT2D eigenvalue weighted by atomic mass is 16.5. The Balaban J connectivity index is 3.47. The van der Waals surface area contributed by atoms with Crippen molar-refractivity contribution in [2.75, 3.05) is 13.2 Å². The summed E-state index contributed by atoms with van der Waals surface area (Å²) < 4.78 is 10.9. The first-order chi connectivity index (χ1) is 21.5. The lowest BCUT2D eigenvalue weighted by molar-refractivity contribution is -0.144. The van der Waals surface area contributed by atoms with Gasteiger partial charge in [0.15, 0.2) is 0 Å². The number of hydrogen-bond acceptors (Lipinski definition) is 5. The average Bonchev–Trinajstić information content (AvgIpc) is 3.02. The lowest BCUT2D eigenvalue weighted by Gasteiger charge is -2.16. The molecule has 0 saturated carbocycles. The van der Waals surface area contributed by atoms with E-state index in [9.17, 15) is 9.59 Å². The number of hydrogen-bond donors (Lipinski definition) is 1. The summed E-state index contributed by atoms with van der Waals surface area (Å²) in [6, 6.07) is 0.261. The van der Waals surface area contributed by atoms with Gasteiger partial charge in [0, 0.05) is 18.9 Å². The largest absolute Gasteiger partial charge is 0.466 e. The fourth-order valence-corrected chi connectivity index (χ4v) is 6.09. The quantitative estimate of drug-likeness (QED) is 0.0561. The van der Waals surface area contributed by atoms with Gasteiger partial charge in [0.05, 0.1) is 13.2 Å². The van der Waals surface area contributed by atoms with Gasteiger partial charge in [-0.25, -0.2) is 0 Å². The minimum absolute atomic E-state index is 0.0207. The molecule has 0 aromatic heterocycles. The van der Waals surface area contributed by atoms with Gasteiger partial charge in [-0.3, -0.25) is 9.59 Å². The molecule has 0 saturated heterocycles. The van der Waals surface area contributed by atoms with Crippen molar-refractivity contribution in [2.45, 2.75) is 219 Å². The summed E-state index contributed by atoms with van der Waals surface area (Å²) in [5.41, 5.74) is 6.32. The molecule has 1 atom stereocenters. The van der Waals surface area contributed by atoms with Crippen molar-refractivity contribution in [3.8, 4) is 0 Å². The van der Waals surface area contributed by atoms with Crippen molar-refractivity contribution in [2.24, 2.45) is 11.7 Å². The van der Waals surface area contributed by atoms with Crippen LogP contribution in [0.5, 0.6) is 0 Å². The molecule has 5 heteroatoms. The summed E-state index contributed by atoms with van der Waals surface area (Å²) in [7, 11) is 0. The van der Waals surface area contributed by atoms with Crippen LogP contribution in [0.1, 0.15) is 213 Å². The van der Waals surface area contributed by atoms with Crippen LogP contribution in [0.4, 0.5) is 0 Å². The summed E-state index contributed by atoms with van der Waals surface area (Å²) in [6.45, 7) is 7.99. The van der Waals surface area contributed by atoms with Crippen LogP contribution in [0.15, 0.2) is 0 Å². The molecule has 0 aliphatic carbocycles. The Kier molecular flexibility index (Phi) is 33.9. The third-order valence-corrected chi connectivity index (χ3v) is 9.12.